The van der Waals surface area contributed by atoms with E-state index in [0.29, 0.717) is 0 Å². The lowest BCUT2D eigenvalue weighted by Gasteiger charge is -2.12. The highest BCUT2D eigenvalue weighted by Gasteiger charge is 2.20. The van der Waals surface area contributed by atoms with E-state index < -0.39 is 5.60 Å². The Morgan fingerprint density at radius 1 is 1.33 bits per heavy atom. The summed E-state index contributed by atoms with van der Waals surface area (Å²) in [5.74, 6) is 0. The van der Waals surface area contributed by atoms with Gasteiger partial charge in [-0.15, -0.1) is 22.7 Å². The molecule has 0 saturated heterocycles. The van der Waals surface area contributed by atoms with E-state index in [1.807, 2.05) is 16.8 Å². The van der Waals surface area contributed by atoms with Crippen molar-refractivity contribution in [1.29, 1.82) is 0 Å². The molecule has 80 valence electrons. The van der Waals surface area contributed by atoms with Gasteiger partial charge in [0.25, 0.3) is 0 Å². The Kier molecular flexibility index (Phi) is 2.98. The van der Waals surface area contributed by atoms with Crippen molar-refractivity contribution in [3.8, 4) is 9.88 Å². The lowest BCUT2D eigenvalue weighted by atomic mass is 10.1. The number of rotatable bonds is 2. The first kappa shape index (κ1) is 11.3. The van der Waals surface area contributed by atoms with Gasteiger partial charge in [-0.1, -0.05) is 0 Å². The van der Waals surface area contributed by atoms with Gasteiger partial charge in [0.1, 0.15) is 10.6 Å². The monoisotopic (exact) mass is 303 g/mol. The first-order chi connectivity index (χ1) is 6.97. The molecule has 0 aliphatic heterocycles. The third-order valence-electron chi connectivity index (χ3n) is 1.91. The van der Waals surface area contributed by atoms with Gasteiger partial charge in [-0.25, -0.2) is 4.98 Å². The summed E-state index contributed by atoms with van der Waals surface area (Å²) < 4.78 is 1.07. The van der Waals surface area contributed by atoms with Crippen LogP contribution in [0, 0.1) is 0 Å². The molecule has 2 heterocycles. The van der Waals surface area contributed by atoms with Crippen molar-refractivity contribution in [2.24, 2.45) is 0 Å². The van der Waals surface area contributed by atoms with Crippen molar-refractivity contribution in [1.82, 2.24) is 4.98 Å². The van der Waals surface area contributed by atoms with Crippen LogP contribution in [0.2, 0.25) is 0 Å². The van der Waals surface area contributed by atoms with Crippen LogP contribution in [0.3, 0.4) is 0 Å². The SMILES string of the molecule is CC(C)(O)c1csc(-c2cc(Br)cs2)n1. The highest BCUT2D eigenvalue weighted by molar-refractivity contribution is 9.10. The number of aliphatic hydroxyl groups is 1. The lowest BCUT2D eigenvalue weighted by Crippen LogP contribution is -2.15. The van der Waals surface area contributed by atoms with E-state index in [9.17, 15) is 5.11 Å². The molecule has 0 atom stereocenters. The fourth-order valence-corrected chi connectivity index (χ4v) is 3.58. The van der Waals surface area contributed by atoms with Crippen LogP contribution in [-0.2, 0) is 5.60 Å². The predicted molar refractivity (Wildman–Crippen MR) is 68.4 cm³/mol. The average molecular weight is 304 g/mol. The quantitative estimate of drug-likeness (QED) is 0.914. The molecule has 0 spiro atoms. The van der Waals surface area contributed by atoms with Crippen LogP contribution in [-0.4, -0.2) is 10.1 Å². The number of hydrogen-bond donors (Lipinski definition) is 1. The Balaban J connectivity index is 2.36. The number of thiazole rings is 1. The largest absolute Gasteiger partial charge is 0.384 e. The molecule has 2 rings (SSSR count). The van der Waals surface area contributed by atoms with Crippen molar-refractivity contribution in [2.45, 2.75) is 19.4 Å². The zero-order chi connectivity index (χ0) is 11.1. The highest BCUT2D eigenvalue weighted by Crippen LogP contribution is 2.33. The maximum absolute atomic E-state index is 9.79. The van der Waals surface area contributed by atoms with E-state index in [1.165, 1.54) is 0 Å². The third kappa shape index (κ3) is 2.47. The summed E-state index contributed by atoms with van der Waals surface area (Å²) in [6.45, 7) is 3.49. The molecule has 0 saturated carbocycles. The van der Waals surface area contributed by atoms with Crippen LogP contribution in [0.4, 0.5) is 0 Å². The van der Waals surface area contributed by atoms with Gasteiger partial charge < -0.3 is 5.11 Å². The van der Waals surface area contributed by atoms with Crippen LogP contribution in [0.5, 0.6) is 0 Å². The molecular formula is C10H10BrNOS2. The summed E-state index contributed by atoms with van der Waals surface area (Å²) in [5, 5.41) is 14.7. The maximum Gasteiger partial charge on any atom is 0.133 e. The second-order valence-corrected chi connectivity index (χ2v) is 6.41. The van der Waals surface area contributed by atoms with Crippen molar-refractivity contribution >= 4 is 38.6 Å². The third-order valence-corrected chi connectivity index (χ3v) is 4.61. The standard InChI is InChI=1S/C10H10BrNOS2/c1-10(2,13)8-5-15-9(12-8)7-3-6(11)4-14-7/h3-5,13H,1-2H3. The molecule has 0 aliphatic carbocycles. The van der Waals surface area contributed by atoms with Gasteiger partial charge in [-0.2, -0.15) is 0 Å². The van der Waals surface area contributed by atoms with Crippen LogP contribution in [0.15, 0.2) is 21.3 Å². The summed E-state index contributed by atoms with van der Waals surface area (Å²) >= 11 is 6.62. The van der Waals surface area contributed by atoms with Crippen molar-refractivity contribution in [2.75, 3.05) is 0 Å². The Labute approximate surface area is 105 Å². The Morgan fingerprint density at radius 2 is 2.07 bits per heavy atom. The summed E-state index contributed by atoms with van der Waals surface area (Å²) in [6, 6.07) is 2.04. The van der Waals surface area contributed by atoms with Crippen LogP contribution in [0.1, 0.15) is 19.5 Å². The number of nitrogens with zero attached hydrogens (tertiary/aromatic N) is 1. The summed E-state index contributed by atoms with van der Waals surface area (Å²) in [7, 11) is 0. The normalized spacial score (nSPS) is 12.0. The molecule has 5 heteroatoms. The molecule has 0 unspecified atom stereocenters. The zero-order valence-corrected chi connectivity index (χ0v) is 11.5. The molecule has 2 aromatic rings. The molecule has 0 fully saturated rings. The minimum absolute atomic E-state index is 0.729. The molecule has 0 amide bonds. The van der Waals surface area contributed by atoms with Gasteiger partial charge in [0.2, 0.25) is 0 Å². The lowest BCUT2D eigenvalue weighted by molar-refractivity contribution is 0.0746. The fourth-order valence-electron chi connectivity index (χ4n) is 1.09. The molecule has 0 aromatic carbocycles. The van der Waals surface area contributed by atoms with Gasteiger partial charge in [-0.05, 0) is 35.8 Å². The number of aromatic nitrogens is 1. The van der Waals surface area contributed by atoms with E-state index in [4.69, 9.17) is 0 Å². The van der Waals surface area contributed by atoms with E-state index in [1.54, 1.807) is 36.5 Å². The number of thiophene rings is 1. The number of hydrogen-bond acceptors (Lipinski definition) is 4. The average Bonchev–Trinajstić information content (AvgIpc) is 2.69. The minimum Gasteiger partial charge on any atom is -0.384 e. The van der Waals surface area contributed by atoms with E-state index in [0.717, 1.165) is 20.1 Å². The predicted octanol–water partition coefficient (Wildman–Crippen LogP) is 3.86. The Morgan fingerprint density at radius 3 is 2.53 bits per heavy atom. The molecule has 0 radical (unpaired) electrons. The molecule has 15 heavy (non-hydrogen) atoms. The summed E-state index contributed by atoms with van der Waals surface area (Å²) in [4.78, 5) is 5.55. The first-order valence-corrected chi connectivity index (χ1v) is 6.95. The second-order valence-electron chi connectivity index (χ2n) is 3.73. The van der Waals surface area contributed by atoms with Crippen LogP contribution in [0.25, 0.3) is 9.88 Å². The molecular weight excluding hydrogens is 294 g/mol. The number of halogens is 1. The fraction of sp³-hybridized carbons (Fsp3) is 0.300. The second kappa shape index (κ2) is 3.97. The first-order valence-electron chi connectivity index (χ1n) is 4.39. The van der Waals surface area contributed by atoms with Crippen LogP contribution < -0.4 is 0 Å². The topological polar surface area (TPSA) is 33.1 Å². The smallest absolute Gasteiger partial charge is 0.133 e. The zero-order valence-electron chi connectivity index (χ0n) is 8.32. The van der Waals surface area contributed by atoms with Crippen LogP contribution >= 0.6 is 38.6 Å². The van der Waals surface area contributed by atoms with Gasteiger partial charge in [0.05, 0.1) is 10.6 Å². The molecule has 0 bridgehead atoms. The highest BCUT2D eigenvalue weighted by atomic mass is 79.9. The van der Waals surface area contributed by atoms with Crippen molar-refractivity contribution in [3.05, 3.63) is 27.0 Å². The van der Waals surface area contributed by atoms with E-state index in [2.05, 4.69) is 20.9 Å². The summed E-state index contributed by atoms with van der Waals surface area (Å²) in [5.41, 5.74) is -0.129. The minimum atomic E-state index is -0.858. The molecule has 2 aromatic heterocycles. The van der Waals surface area contributed by atoms with Crippen molar-refractivity contribution < 1.29 is 5.11 Å². The Bertz CT molecular complexity index is 470. The maximum atomic E-state index is 9.79. The molecule has 2 nitrogen and oxygen atoms in total. The van der Waals surface area contributed by atoms with Gasteiger partial charge in [-0.3, -0.25) is 0 Å². The van der Waals surface area contributed by atoms with Gasteiger partial charge >= 0.3 is 0 Å². The Hall–Kier alpha value is -0.230. The molecule has 1 N–H and O–H groups in total. The summed E-state index contributed by atoms with van der Waals surface area (Å²) in [6.07, 6.45) is 0. The van der Waals surface area contributed by atoms with Gasteiger partial charge in [0, 0.05) is 15.2 Å². The van der Waals surface area contributed by atoms with E-state index >= 15 is 0 Å². The van der Waals surface area contributed by atoms with E-state index in [-0.39, 0.29) is 0 Å². The molecule has 0 aliphatic rings. The van der Waals surface area contributed by atoms with Gasteiger partial charge in [0.15, 0.2) is 0 Å². The van der Waals surface area contributed by atoms with Crippen molar-refractivity contribution in [3.63, 3.8) is 0 Å².